The average Bonchev–Trinajstić information content (AvgIpc) is 2.09. The molecule has 0 amide bonds. The zero-order valence-electron chi connectivity index (χ0n) is 11.7. The van der Waals surface area contributed by atoms with Crippen LogP contribution in [0.3, 0.4) is 0 Å². The topological polar surface area (TPSA) is 20.2 Å². The summed E-state index contributed by atoms with van der Waals surface area (Å²) in [5.41, 5.74) is 2.72. The summed E-state index contributed by atoms with van der Waals surface area (Å²) in [6.45, 7) is 13.3. The molecule has 1 N–H and O–H groups in total. The Kier molecular flexibility index (Phi) is 4.17. The number of rotatable bonds is 2. The van der Waals surface area contributed by atoms with Crippen LogP contribution in [-0.2, 0) is 5.41 Å². The number of phenolic OH excluding ortho intramolecular Hbond substituents is 1. The van der Waals surface area contributed by atoms with Crippen molar-refractivity contribution in [3.8, 4) is 5.75 Å². The quantitative estimate of drug-likeness (QED) is 0.746. The van der Waals surface area contributed by atoms with Gasteiger partial charge in [0.25, 0.3) is 0 Å². The molecule has 1 rings (SSSR count). The van der Waals surface area contributed by atoms with Crippen molar-refractivity contribution >= 4 is 22.6 Å². The molecule has 96 valence electrons. The molecule has 0 spiro atoms. The summed E-state index contributed by atoms with van der Waals surface area (Å²) >= 11 is 2.20. The molecule has 0 aromatic heterocycles. The molecule has 1 aromatic carbocycles. The Morgan fingerprint density at radius 1 is 1.12 bits per heavy atom. The zero-order chi connectivity index (χ0) is 13.4. The minimum absolute atomic E-state index is 0.136. The second-order valence-electron chi connectivity index (χ2n) is 6.74. The highest BCUT2D eigenvalue weighted by Crippen LogP contribution is 2.38. The van der Waals surface area contributed by atoms with E-state index < -0.39 is 0 Å². The Morgan fingerprint density at radius 2 is 1.65 bits per heavy atom. The normalized spacial score (nSPS) is 12.9. The van der Waals surface area contributed by atoms with E-state index in [2.05, 4.69) is 69.3 Å². The van der Waals surface area contributed by atoms with Crippen molar-refractivity contribution in [3.05, 3.63) is 26.8 Å². The van der Waals surface area contributed by atoms with Crippen LogP contribution in [-0.4, -0.2) is 5.11 Å². The van der Waals surface area contributed by atoms with E-state index >= 15 is 0 Å². The first-order valence-corrected chi connectivity index (χ1v) is 7.10. The van der Waals surface area contributed by atoms with Gasteiger partial charge in [-0.3, -0.25) is 0 Å². The Bertz CT molecular complexity index is 390. The van der Waals surface area contributed by atoms with Crippen molar-refractivity contribution in [3.63, 3.8) is 0 Å². The molecule has 0 fully saturated rings. The Balaban J connectivity index is 3.16. The van der Waals surface area contributed by atoms with Crippen LogP contribution in [0.15, 0.2) is 12.1 Å². The van der Waals surface area contributed by atoms with Gasteiger partial charge in [0.1, 0.15) is 5.75 Å². The van der Waals surface area contributed by atoms with Crippen molar-refractivity contribution in [2.75, 3.05) is 0 Å². The second kappa shape index (κ2) is 4.79. The molecular formula is C15H23IO. The van der Waals surface area contributed by atoms with Crippen LogP contribution in [0, 0.1) is 15.9 Å². The lowest BCUT2D eigenvalue weighted by Crippen LogP contribution is -2.25. The number of halogens is 1. The lowest BCUT2D eigenvalue weighted by atomic mass is 9.72. The molecule has 2 heteroatoms. The SMILES string of the molecule is Cc1cc(C(C)(C)CC(C)(C)C)cc(I)c1O. The van der Waals surface area contributed by atoms with Gasteiger partial charge >= 0.3 is 0 Å². The first kappa shape index (κ1) is 14.8. The van der Waals surface area contributed by atoms with Crippen LogP contribution in [0.25, 0.3) is 0 Å². The lowest BCUT2D eigenvalue weighted by Gasteiger charge is -2.33. The van der Waals surface area contributed by atoms with Gasteiger partial charge in [0.2, 0.25) is 0 Å². The van der Waals surface area contributed by atoms with Gasteiger partial charge < -0.3 is 5.11 Å². The number of phenols is 1. The maximum Gasteiger partial charge on any atom is 0.131 e. The molecule has 0 radical (unpaired) electrons. The van der Waals surface area contributed by atoms with Crippen LogP contribution in [0.1, 0.15) is 52.2 Å². The van der Waals surface area contributed by atoms with Crippen LogP contribution in [0.5, 0.6) is 5.75 Å². The van der Waals surface area contributed by atoms with Gasteiger partial charge in [-0.25, -0.2) is 0 Å². The van der Waals surface area contributed by atoms with Crippen molar-refractivity contribution in [2.24, 2.45) is 5.41 Å². The predicted octanol–water partition coefficient (Wildman–Crippen LogP) is 5.02. The summed E-state index contributed by atoms with van der Waals surface area (Å²) < 4.78 is 0.944. The highest BCUT2D eigenvalue weighted by atomic mass is 127. The van der Waals surface area contributed by atoms with E-state index in [9.17, 15) is 5.11 Å². The summed E-state index contributed by atoms with van der Waals surface area (Å²) in [5, 5.41) is 9.82. The molecule has 0 heterocycles. The van der Waals surface area contributed by atoms with Gasteiger partial charge in [0.05, 0.1) is 3.57 Å². The first-order valence-electron chi connectivity index (χ1n) is 6.02. The van der Waals surface area contributed by atoms with Crippen LogP contribution in [0.4, 0.5) is 0 Å². The number of benzene rings is 1. The smallest absolute Gasteiger partial charge is 0.131 e. The van der Waals surface area contributed by atoms with Crippen LogP contribution < -0.4 is 0 Å². The summed E-state index contributed by atoms with van der Waals surface area (Å²) in [5.74, 6) is 0.418. The van der Waals surface area contributed by atoms with Crippen LogP contribution >= 0.6 is 22.6 Å². The van der Waals surface area contributed by atoms with Crippen molar-refractivity contribution in [2.45, 2.75) is 53.4 Å². The summed E-state index contributed by atoms with van der Waals surface area (Å²) in [6, 6.07) is 4.22. The van der Waals surface area contributed by atoms with Gasteiger partial charge in [-0.05, 0) is 64.0 Å². The number of hydrogen-bond acceptors (Lipinski definition) is 1. The molecule has 1 aromatic rings. The zero-order valence-corrected chi connectivity index (χ0v) is 13.8. The Labute approximate surface area is 119 Å². The fraction of sp³-hybridized carbons (Fsp3) is 0.600. The highest BCUT2D eigenvalue weighted by Gasteiger charge is 2.28. The van der Waals surface area contributed by atoms with Gasteiger partial charge in [0, 0.05) is 0 Å². The monoisotopic (exact) mass is 346 g/mol. The molecule has 17 heavy (non-hydrogen) atoms. The van der Waals surface area contributed by atoms with E-state index in [0.29, 0.717) is 11.2 Å². The van der Waals surface area contributed by atoms with Crippen molar-refractivity contribution < 1.29 is 5.11 Å². The third kappa shape index (κ3) is 3.87. The number of aryl methyl sites for hydroxylation is 1. The highest BCUT2D eigenvalue weighted by molar-refractivity contribution is 14.1. The van der Waals surface area contributed by atoms with Crippen molar-refractivity contribution in [1.29, 1.82) is 0 Å². The molecule has 1 nitrogen and oxygen atoms in total. The Morgan fingerprint density at radius 3 is 2.06 bits per heavy atom. The molecule has 0 bridgehead atoms. The van der Waals surface area contributed by atoms with E-state index in [4.69, 9.17) is 0 Å². The number of aromatic hydroxyl groups is 1. The van der Waals surface area contributed by atoms with Gasteiger partial charge in [-0.2, -0.15) is 0 Å². The van der Waals surface area contributed by atoms with Gasteiger partial charge in [-0.1, -0.05) is 40.7 Å². The van der Waals surface area contributed by atoms with Crippen molar-refractivity contribution in [1.82, 2.24) is 0 Å². The molecule has 0 unspecified atom stereocenters. The Hall–Kier alpha value is -0.250. The third-order valence-corrected chi connectivity index (χ3v) is 3.83. The van der Waals surface area contributed by atoms with Gasteiger partial charge in [-0.15, -0.1) is 0 Å². The van der Waals surface area contributed by atoms with E-state index in [-0.39, 0.29) is 5.41 Å². The third-order valence-electron chi connectivity index (χ3n) is 3.01. The van der Waals surface area contributed by atoms with Gasteiger partial charge in [0.15, 0.2) is 0 Å². The molecule has 0 saturated heterocycles. The standard InChI is InChI=1S/C15H23IO/c1-10-7-11(8-12(16)13(10)17)15(5,6)9-14(2,3)4/h7-8,17H,9H2,1-6H3. The van der Waals surface area contributed by atoms with E-state index in [1.807, 2.05) is 6.92 Å². The fourth-order valence-electron chi connectivity index (χ4n) is 2.56. The predicted molar refractivity (Wildman–Crippen MR) is 82.7 cm³/mol. The van der Waals surface area contributed by atoms with Crippen LogP contribution in [0.2, 0.25) is 0 Å². The second-order valence-corrected chi connectivity index (χ2v) is 7.91. The summed E-state index contributed by atoms with van der Waals surface area (Å²) in [6.07, 6.45) is 1.13. The van der Waals surface area contributed by atoms with E-state index in [1.54, 1.807) is 0 Å². The first-order chi connectivity index (χ1) is 7.53. The van der Waals surface area contributed by atoms with E-state index in [0.717, 1.165) is 15.6 Å². The molecule has 0 aliphatic rings. The molecular weight excluding hydrogens is 323 g/mol. The fourth-order valence-corrected chi connectivity index (χ4v) is 3.32. The summed E-state index contributed by atoms with van der Waals surface area (Å²) in [7, 11) is 0. The average molecular weight is 346 g/mol. The molecule has 0 atom stereocenters. The van der Waals surface area contributed by atoms with E-state index in [1.165, 1.54) is 5.56 Å². The maximum absolute atomic E-state index is 9.82. The minimum Gasteiger partial charge on any atom is -0.507 e. The molecule has 0 saturated carbocycles. The minimum atomic E-state index is 0.136. The number of hydrogen-bond donors (Lipinski definition) is 1. The lowest BCUT2D eigenvalue weighted by molar-refractivity contribution is 0.284. The maximum atomic E-state index is 9.82. The molecule has 0 aliphatic heterocycles. The molecule has 0 aliphatic carbocycles. The summed E-state index contributed by atoms with van der Waals surface area (Å²) in [4.78, 5) is 0. The largest absolute Gasteiger partial charge is 0.507 e.